The highest BCUT2D eigenvalue weighted by Crippen LogP contribution is 2.23. The van der Waals surface area contributed by atoms with E-state index in [0.29, 0.717) is 29.1 Å². The smallest absolute Gasteiger partial charge is 0.417 e. The number of aromatic amines is 2. The summed E-state index contributed by atoms with van der Waals surface area (Å²) in [6, 6.07) is 22.3. The Morgan fingerprint density at radius 3 is 2.67 bits per heavy atom. The predicted octanol–water partition coefficient (Wildman–Crippen LogP) is 4.43. The summed E-state index contributed by atoms with van der Waals surface area (Å²) >= 11 is 0. The minimum Gasteiger partial charge on any atom is -0.489 e. The number of benzene rings is 3. The van der Waals surface area contributed by atoms with Crippen LogP contribution >= 0.6 is 0 Å². The summed E-state index contributed by atoms with van der Waals surface area (Å²) in [5.41, 5.74) is 3.82. The lowest BCUT2D eigenvalue weighted by molar-refractivity contribution is 0.102. The minimum atomic E-state index is -0.533. The van der Waals surface area contributed by atoms with Gasteiger partial charge in [-0.3, -0.25) is 9.78 Å². The van der Waals surface area contributed by atoms with Gasteiger partial charge in [0.05, 0.1) is 5.52 Å². The molecule has 0 radical (unpaired) electrons. The molecule has 0 saturated heterocycles. The lowest BCUT2D eigenvalue weighted by Gasteiger charge is -2.06. The average Bonchev–Trinajstić information content (AvgIpc) is 3.34. The van der Waals surface area contributed by atoms with Gasteiger partial charge in [-0.25, -0.2) is 4.79 Å². The Balaban J connectivity index is 1.33. The molecule has 7 nitrogen and oxygen atoms in total. The zero-order chi connectivity index (χ0) is 20.5. The Bertz CT molecular complexity index is 1410. The molecule has 7 heteroatoms. The molecule has 2 aromatic heterocycles. The van der Waals surface area contributed by atoms with Gasteiger partial charge in [0.25, 0.3) is 5.91 Å². The Labute approximate surface area is 170 Å². The molecular weight excluding hydrogens is 382 g/mol. The number of H-pyrrole nitrogens is 2. The van der Waals surface area contributed by atoms with E-state index in [0.717, 1.165) is 22.2 Å². The normalized spacial score (nSPS) is 11.1. The number of fused-ring (bicyclic) bond motifs is 2. The second kappa shape index (κ2) is 7.29. The van der Waals surface area contributed by atoms with Crippen molar-refractivity contribution in [1.82, 2.24) is 9.97 Å². The molecule has 148 valence electrons. The van der Waals surface area contributed by atoms with E-state index in [1.807, 2.05) is 48.5 Å². The van der Waals surface area contributed by atoms with E-state index in [1.165, 1.54) is 0 Å². The number of oxazole rings is 1. The zero-order valence-corrected chi connectivity index (χ0v) is 15.8. The molecule has 5 rings (SSSR count). The lowest BCUT2D eigenvalue weighted by Crippen LogP contribution is -2.12. The second-order valence-corrected chi connectivity index (χ2v) is 6.89. The molecule has 0 saturated carbocycles. The van der Waals surface area contributed by atoms with Crippen molar-refractivity contribution in [2.75, 3.05) is 5.32 Å². The minimum absolute atomic E-state index is 0.289. The van der Waals surface area contributed by atoms with E-state index >= 15 is 0 Å². The monoisotopic (exact) mass is 399 g/mol. The van der Waals surface area contributed by atoms with Gasteiger partial charge in [0, 0.05) is 22.7 Å². The van der Waals surface area contributed by atoms with Crippen LogP contribution < -0.4 is 15.8 Å². The van der Waals surface area contributed by atoms with Gasteiger partial charge in [-0.05, 0) is 42.0 Å². The Kier molecular flexibility index (Phi) is 4.33. The molecule has 2 heterocycles. The van der Waals surface area contributed by atoms with Crippen LogP contribution in [0.5, 0.6) is 5.75 Å². The third-order valence-electron chi connectivity index (χ3n) is 4.76. The van der Waals surface area contributed by atoms with Gasteiger partial charge in [0.2, 0.25) is 0 Å². The molecule has 0 bridgehead atoms. The summed E-state index contributed by atoms with van der Waals surface area (Å²) in [5.74, 6) is -0.105. The van der Waals surface area contributed by atoms with Gasteiger partial charge in [-0.2, -0.15) is 0 Å². The SMILES string of the molecule is O=C(Nc1ccc2oc(=O)[nH]c2c1)c1cc2ccc(OCc3ccccc3)cc2[nH]1. The van der Waals surface area contributed by atoms with Gasteiger partial charge >= 0.3 is 5.76 Å². The number of carbonyl (C=O) groups excluding carboxylic acids is 1. The number of hydrogen-bond acceptors (Lipinski definition) is 4. The van der Waals surface area contributed by atoms with Crippen LogP contribution in [0, 0.1) is 0 Å². The van der Waals surface area contributed by atoms with Crippen LogP contribution in [0.3, 0.4) is 0 Å². The maximum atomic E-state index is 12.7. The molecule has 0 atom stereocenters. The first-order valence-corrected chi connectivity index (χ1v) is 9.38. The quantitative estimate of drug-likeness (QED) is 0.407. The van der Waals surface area contributed by atoms with Crippen molar-refractivity contribution in [1.29, 1.82) is 0 Å². The van der Waals surface area contributed by atoms with E-state index in [-0.39, 0.29) is 5.91 Å². The van der Waals surface area contributed by atoms with E-state index in [4.69, 9.17) is 9.15 Å². The number of nitrogens with one attached hydrogen (secondary N) is 3. The van der Waals surface area contributed by atoms with Crippen LogP contribution in [0.1, 0.15) is 16.1 Å². The van der Waals surface area contributed by atoms with Crippen LogP contribution in [0.2, 0.25) is 0 Å². The standard InChI is InChI=1S/C23H17N3O4/c27-22(24-16-7-9-21-19(11-16)26-23(28)30-21)20-10-15-6-8-17(12-18(15)25-20)29-13-14-4-2-1-3-5-14/h1-12,25H,13H2,(H,24,27)(H,26,28). The van der Waals surface area contributed by atoms with Crippen LogP contribution in [-0.2, 0) is 6.61 Å². The number of anilines is 1. The molecule has 0 aliphatic rings. The van der Waals surface area contributed by atoms with Crippen molar-refractivity contribution in [2.24, 2.45) is 0 Å². The molecule has 3 aromatic carbocycles. The fraction of sp³-hybridized carbons (Fsp3) is 0.0435. The molecule has 3 N–H and O–H groups in total. The van der Waals surface area contributed by atoms with E-state index < -0.39 is 5.76 Å². The predicted molar refractivity (Wildman–Crippen MR) is 114 cm³/mol. The molecule has 0 aliphatic carbocycles. The average molecular weight is 399 g/mol. The lowest BCUT2D eigenvalue weighted by atomic mass is 10.2. The number of carbonyl (C=O) groups is 1. The zero-order valence-electron chi connectivity index (χ0n) is 15.8. The van der Waals surface area contributed by atoms with Crippen molar-refractivity contribution in [2.45, 2.75) is 6.61 Å². The van der Waals surface area contributed by atoms with Gasteiger partial charge < -0.3 is 19.5 Å². The number of hydrogen-bond donors (Lipinski definition) is 3. The first-order chi connectivity index (χ1) is 14.6. The summed E-state index contributed by atoms with van der Waals surface area (Å²) in [4.78, 5) is 29.6. The number of rotatable bonds is 5. The maximum absolute atomic E-state index is 12.7. The fourth-order valence-electron chi connectivity index (χ4n) is 3.29. The third-order valence-corrected chi connectivity index (χ3v) is 4.76. The molecule has 5 aromatic rings. The topological polar surface area (TPSA) is 100 Å². The van der Waals surface area contributed by atoms with Gasteiger partial charge in [-0.1, -0.05) is 30.3 Å². The summed E-state index contributed by atoms with van der Waals surface area (Å²) in [5, 5.41) is 3.72. The van der Waals surface area contributed by atoms with Crippen LogP contribution in [0.25, 0.3) is 22.0 Å². The van der Waals surface area contributed by atoms with Gasteiger partial charge in [0.1, 0.15) is 18.1 Å². The van der Waals surface area contributed by atoms with E-state index in [2.05, 4.69) is 15.3 Å². The Morgan fingerprint density at radius 1 is 0.933 bits per heavy atom. The van der Waals surface area contributed by atoms with Crippen LogP contribution in [0.15, 0.2) is 82.0 Å². The Morgan fingerprint density at radius 2 is 1.80 bits per heavy atom. The summed E-state index contributed by atoms with van der Waals surface area (Å²) < 4.78 is 10.8. The first-order valence-electron chi connectivity index (χ1n) is 9.38. The summed E-state index contributed by atoms with van der Waals surface area (Å²) in [7, 11) is 0. The molecule has 0 spiro atoms. The van der Waals surface area contributed by atoms with Gasteiger partial charge in [-0.15, -0.1) is 0 Å². The largest absolute Gasteiger partial charge is 0.489 e. The highest BCUT2D eigenvalue weighted by atomic mass is 16.5. The molecule has 1 amide bonds. The number of aromatic nitrogens is 2. The third kappa shape index (κ3) is 3.56. The number of ether oxygens (including phenoxy) is 1. The van der Waals surface area contributed by atoms with E-state index in [1.54, 1.807) is 24.3 Å². The molecule has 0 aliphatic heterocycles. The molecule has 0 unspecified atom stereocenters. The first kappa shape index (κ1) is 17.8. The summed E-state index contributed by atoms with van der Waals surface area (Å²) in [6.07, 6.45) is 0. The molecule has 0 fully saturated rings. The van der Waals surface area contributed by atoms with Crippen molar-refractivity contribution in [3.05, 3.63) is 94.6 Å². The molecular formula is C23H17N3O4. The number of amides is 1. The highest BCUT2D eigenvalue weighted by molar-refractivity contribution is 6.06. The van der Waals surface area contributed by atoms with E-state index in [9.17, 15) is 9.59 Å². The van der Waals surface area contributed by atoms with Gasteiger partial charge in [0.15, 0.2) is 5.58 Å². The van der Waals surface area contributed by atoms with Crippen LogP contribution in [0.4, 0.5) is 5.69 Å². The highest BCUT2D eigenvalue weighted by Gasteiger charge is 2.12. The Hall–Kier alpha value is -4.26. The molecule has 30 heavy (non-hydrogen) atoms. The fourth-order valence-corrected chi connectivity index (χ4v) is 3.29. The second-order valence-electron chi connectivity index (χ2n) is 6.89. The van der Waals surface area contributed by atoms with Crippen molar-refractivity contribution < 1.29 is 13.9 Å². The maximum Gasteiger partial charge on any atom is 0.417 e. The van der Waals surface area contributed by atoms with Crippen molar-refractivity contribution in [3.8, 4) is 5.75 Å². The van der Waals surface area contributed by atoms with Crippen molar-refractivity contribution in [3.63, 3.8) is 0 Å². The van der Waals surface area contributed by atoms with Crippen LogP contribution in [-0.4, -0.2) is 15.9 Å². The van der Waals surface area contributed by atoms with Crippen molar-refractivity contribution >= 4 is 33.6 Å². The summed E-state index contributed by atoms with van der Waals surface area (Å²) in [6.45, 7) is 0.471.